The van der Waals surface area contributed by atoms with Gasteiger partial charge in [-0.1, -0.05) is 29.8 Å². The second-order valence-electron chi connectivity index (χ2n) is 3.82. The van der Waals surface area contributed by atoms with E-state index < -0.39 is 0 Å². The minimum absolute atomic E-state index is 0.247. The molecule has 16 heavy (non-hydrogen) atoms. The first-order valence-corrected chi connectivity index (χ1v) is 5.75. The van der Waals surface area contributed by atoms with Gasteiger partial charge in [-0.05, 0) is 18.2 Å². The van der Waals surface area contributed by atoms with E-state index >= 15 is 0 Å². The highest BCUT2D eigenvalue weighted by atomic mass is 79.9. The quantitative estimate of drug-likeness (QED) is 0.917. The Hall–Kier alpha value is -1.23. The Bertz CT molecular complexity index is 508. The largest absolute Gasteiger partial charge is 0.262 e. The van der Waals surface area contributed by atoms with Gasteiger partial charge in [0.15, 0.2) is 5.82 Å². The van der Waals surface area contributed by atoms with Crippen LogP contribution in [-0.4, -0.2) is 15.2 Å². The van der Waals surface area contributed by atoms with Gasteiger partial charge in [0.25, 0.3) is 0 Å². The van der Waals surface area contributed by atoms with Gasteiger partial charge in [-0.15, -0.1) is 0 Å². The summed E-state index contributed by atoms with van der Waals surface area (Å²) in [7, 11) is 0. The van der Waals surface area contributed by atoms with Crippen LogP contribution in [0.25, 0.3) is 11.4 Å². The van der Waals surface area contributed by atoms with Crippen molar-refractivity contribution < 1.29 is 4.39 Å². The number of aromatic amines is 1. The molecule has 5 heteroatoms. The van der Waals surface area contributed by atoms with Crippen LogP contribution in [0.1, 0.15) is 25.6 Å². The first-order valence-electron chi connectivity index (χ1n) is 4.95. The maximum Gasteiger partial charge on any atom is 0.184 e. The third-order valence-corrected chi connectivity index (χ3v) is 2.71. The lowest BCUT2D eigenvalue weighted by atomic mass is 10.2. The first-order chi connectivity index (χ1) is 7.58. The van der Waals surface area contributed by atoms with Crippen molar-refractivity contribution in [3.05, 3.63) is 34.3 Å². The maximum atomic E-state index is 13.6. The Balaban J connectivity index is 2.46. The number of nitrogens with one attached hydrogen (secondary N) is 1. The molecule has 0 atom stereocenters. The number of hydrogen-bond acceptors (Lipinski definition) is 2. The van der Waals surface area contributed by atoms with Crippen LogP contribution in [0.3, 0.4) is 0 Å². The van der Waals surface area contributed by atoms with Crippen LogP contribution in [0.2, 0.25) is 0 Å². The van der Waals surface area contributed by atoms with Gasteiger partial charge in [-0.25, -0.2) is 9.37 Å². The van der Waals surface area contributed by atoms with E-state index in [2.05, 4.69) is 31.1 Å². The summed E-state index contributed by atoms with van der Waals surface area (Å²) in [5.74, 6) is 1.07. The predicted molar refractivity (Wildman–Crippen MR) is 63.6 cm³/mol. The average molecular weight is 284 g/mol. The highest BCUT2D eigenvalue weighted by Crippen LogP contribution is 2.24. The molecule has 2 rings (SSSR count). The number of hydrogen-bond donors (Lipinski definition) is 1. The van der Waals surface area contributed by atoms with Crippen molar-refractivity contribution in [1.82, 2.24) is 15.2 Å². The smallest absolute Gasteiger partial charge is 0.184 e. The molecule has 0 fully saturated rings. The molecule has 0 spiro atoms. The molecule has 0 amide bonds. The number of H-pyrrole nitrogens is 1. The molecular weight excluding hydrogens is 273 g/mol. The number of rotatable bonds is 2. The minimum Gasteiger partial charge on any atom is -0.262 e. The topological polar surface area (TPSA) is 41.6 Å². The summed E-state index contributed by atoms with van der Waals surface area (Å²) in [5, 5.41) is 6.82. The third-order valence-electron chi connectivity index (χ3n) is 2.22. The summed E-state index contributed by atoms with van der Waals surface area (Å²) in [6, 6.07) is 4.71. The zero-order chi connectivity index (χ0) is 11.7. The van der Waals surface area contributed by atoms with Gasteiger partial charge in [0.1, 0.15) is 11.6 Å². The highest BCUT2D eigenvalue weighted by molar-refractivity contribution is 9.10. The molecule has 84 valence electrons. The fourth-order valence-electron chi connectivity index (χ4n) is 1.32. The summed E-state index contributed by atoms with van der Waals surface area (Å²) >= 11 is 3.30. The van der Waals surface area contributed by atoms with E-state index in [9.17, 15) is 4.39 Å². The normalized spacial score (nSPS) is 11.1. The molecular formula is C11H11BrFN3. The van der Waals surface area contributed by atoms with Gasteiger partial charge < -0.3 is 0 Å². The van der Waals surface area contributed by atoms with Gasteiger partial charge in [-0.2, -0.15) is 5.10 Å². The van der Waals surface area contributed by atoms with Crippen molar-refractivity contribution in [3.8, 4) is 11.4 Å². The van der Waals surface area contributed by atoms with E-state index in [-0.39, 0.29) is 11.7 Å². The van der Waals surface area contributed by atoms with E-state index in [1.807, 2.05) is 13.8 Å². The molecule has 1 heterocycles. The van der Waals surface area contributed by atoms with E-state index in [0.29, 0.717) is 11.4 Å². The molecule has 0 unspecified atom stereocenters. The fraction of sp³-hybridized carbons (Fsp3) is 0.273. The Labute approximate surface area is 101 Å². The van der Waals surface area contributed by atoms with Crippen molar-refractivity contribution in [2.75, 3.05) is 0 Å². The molecule has 0 aliphatic carbocycles. The van der Waals surface area contributed by atoms with Crippen molar-refractivity contribution in [3.63, 3.8) is 0 Å². The molecule has 0 aliphatic heterocycles. The number of benzene rings is 1. The van der Waals surface area contributed by atoms with Gasteiger partial charge in [0.05, 0.1) is 5.56 Å². The van der Waals surface area contributed by atoms with E-state index in [0.717, 1.165) is 10.3 Å². The van der Waals surface area contributed by atoms with Crippen molar-refractivity contribution >= 4 is 15.9 Å². The predicted octanol–water partition coefficient (Wildman–Crippen LogP) is 3.50. The minimum atomic E-state index is -0.322. The molecule has 0 saturated heterocycles. The lowest BCUT2D eigenvalue weighted by molar-refractivity contribution is 0.629. The van der Waals surface area contributed by atoms with E-state index in [1.54, 1.807) is 12.1 Å². The molecule has 0 radical (unpaired) electrons. The average Bonchev–Trinajstić information content (AvgIpc) is 2.70. The summed E-state index contributed by atoms with van der Waals surface area (Å²) in [6.07, 6.45) is 0. The molecule has 1 N–H and O–H groups in total. The van der Waals surface area contributed by atoms with Crippen LogP contribution in [0.15, 0.2) is 22.7 Å². The van der Waals surface area contributed by atoms with Crippen molar-refractivity contribution in [2.45, 2.75) is 19.8 Å². The second-order valence-corrected chi connectivity index (χ2v) is 4.74. The van der Waals surface area contributed by atoms with Gasteiger partial charge in [0, 0.05) is 10.4 Å². The van der Waals surface area contributed by atoms with Gasteiger partial charge in [-0.3, -0.25) is 5.10 Å². The molecule has 0 bridgehead atoms. The molecule has 0 aliphatic rings. The summed E-state index contributed by atoms with van der Waals surface area (Å²) < 4.78 is 14.4. The SMILES string of the molecule is CC(C)c1nc(-c2cc(Br)ccc2F)n[nH]1. The number of aromatic nitrogens is 3. The van der Waals surface area contributed by atoms with Crippen LogP contribution in [0.4, 0.5) is 4.39 Å². The molecule has 2 aromatic rings. The van der Waals surface area contributed by atoms with Crippen LogP contribution < -0.4 is 0 Å². The third kappa shape index (κ3) is 2.14. The Morgan fingerprint density at radius 3 is 2.75 bits per heavy atom. The molecule has 1 aromatic heterocycles. The second kappa shape index (κ2) is 4.33. The van der Waals surface area contributed by atoms with Gasteiger partial charge in [0.2, 0.25) is 0 Å². The lowest BCUT2D eigenvalue weighted by Crippen LogP contribution is -1.90. The number of nitrogens with zero attached hydrogens (tertiary/aromatic N) is 2. The van der Waals surface area contributed by atoms with Crippen molar-refractivity contribution in [2.24, 2.45) is 0 Å². The number of halogens is 2. The zero-order valence-corrected chi connectivity index (χ0v) is 10.5. The van der Waals surface area contributed by atoms with E-state index in [4.69, 9.17) is 0 Å². The summed E-state index contributed by atoms with van der Waals surface area (Å²) in [6.45, 7) is 4.00. The monoisotopic (exact) mass is 283 g/mol. The maximum absolute atomic E-state index is 13.6. The Morgan fingerprint density at radius 2 is 2.12 bits per heavy atom. The Kier molecular flexibility index (Phi) is 3.05. The van der Waals surface area contributed by atoms with E-state index in [1.165, 1.54) is 6.07 Å². The fourth-order valence-corrected chi connectivity index (χ4v) is 1.68. The molecule has 0 saturated carbocycles. The van der Waals surface area contributed by atoms with Crippen LogP contribution in [-0.2, 0) is 0 Å². The van der Waals surface area contributed by atoms with Crippen molar-refractivity contribution in [1.29, 1.82) is 0 Å². The first kappa shape index (κ1) is 11.3. The highest BCUT2D eigenvalue weighted by Gasteiger charge is 2.12. The summed E-state index contributed by atoms with van der Waals surface area (Å²) in [5.41, 5.74) is 0.400. The van der Waals surface area contributed by atoms with Crippen LogP contribution >= 0.6 is 15.9 Å². The standard InChI is InChI=1S/C11H11BrFN3/c1-6(2)10-14-11(16-15-10)8-5-7(12)3-4-9(8)13/h3-6H,1-2H3,(H,14,15,16). The summed E-state index contributed by atoms with van der Waals surface area (Å²) in [4.78, 5) is 4.25. The lowest BCUT2D eigenvalue weighted by Gasteiger charge is -1.99. The van der Waals surface area contributed by atoms with Gasteiger partial charge >= 0.3 is 0 Å². The van der Waals surface area contributed by atoms with Crippen LogP contribution in [0.5, 0.6) is 0 Å². The zero-order valence-electron chi connectivity index (χ0n) is 8.96. The molecule has 1 aromatic carbocycles. The molecule has 3 nitrogen and oxygen atoms in total. The Morgan fingerprint density at radius 1 is 1.38 bits per heavy atom. The van der Waals surface area contributed by atoms with Crippen LogP contribution in [0, 0.1) is 5.82 Å².